The van der Waals surface area contributed by atoms with Crippen molar-refractivity contribution in [2.75, 3.05) is 0 Å². The Hall–Kier alpha value is -4.90. The van der Waals surface area contributed by atoms with Gasteiger partial charge in [0.2, 0.25) is 0 Å². The SMILES string of the molecule is CC1(C)OB(c2ccc3c(c2)C2(c4ccccc4-c4ccccc4-3)c3ccccc3-c3cc4oc5ccccc5c4cc32)OC1(C)C. The van der Waals surface area contributed by atoms with Gasteiger partial charge in [-0.2, -0.15) is 0 Å². The molecular weight excluding hydrogens is 575 g/mol. The minimum atomic E-state index is -0.608. The number of furan rings is 1. The van der Waals surface area contributed by atoms with Crippen LogP contribution in [0, 0.1) is 0 Å². The fraction of sp³-hybridized carbons (Fsp3) is 0.163. The van der Waals surface area contributed by atoms with Gasteiger partial charge in [0, 0.05) is 10.8 Å². The molecule has 1 aliphatic heterocycles. The summed E-state index contributed by atoms with van der Waals surface area (Å²) < 4.78 is 19.8. The predicted molar refractivity (Wildman–Crippen MR) is 191 cm³/mol. The molecule has 7 aromatic rings. The van der Waals surface area contributed by atoms with Crippen molar-refractivity contribution in [1.82, 2.24) is 0 Å². The molecule has 6 aromatic carbocycles. The molecule has 0 saturated carbocycles. The molecule has 47 heavy (non-hydrogen) atoms. The first kappa shape index (κ1) is 27.2. The topological polar surface area (TPSA) is 31.6 Å². The molecule has 0 radical (unpaired) electrons. The number of hydrogen-bond donors (Lipinski definition) is 0. The molecule has 1 unspecified atom stereocenters. The fourth-order valence-electron chi connectivity index (χ4n) is 8.45. The Kier molecular flexibility index (Phi) is 5.29. The molecule has 3 nitrogen and oxygen atoms in total. The lowest BCUT2D eigenvalue weighted by Crippen LogP contribution is -2.41. The van der Waals surface area contributed by atoms with Crippen molar-refractivity contribution in [2.45, 2.75) is 44.3 Å². The van der Waals surface area contributed by atoms with Crippen LogP contribution in [0.15, 0.2) is 132 Å². The molecule has 1 spiro atoms. The van der Waals surface area contributed by atoms with Crippen molar-refractivity contribution >= 4 is 34.5 Å². The molecule has 10 rings (SSSR count). The third kappa shape index (κ3) is 3.44. The Bertz CT molecular complexity index is 2430. The zero-order valence-electron chi connectivity index (χ0n) is 26.9. The van der Waals surface area contributed by atoms with E-state index in [4.69, 9.17) is 13.7 Å². The van der Waals surface area contributed by atoms with Crippen molar-refractivity contribution in [3.05, 3.63) is 150 Å². The number of para-hydroxylation sites is 1. The first-order chi connectivity index (χ1) is 22.8. The second-order valence-electron chi connectivity index (χ2n) is 14.3. The molecule has 0 N–H and O–H groups in total. The van der Waals surface area contributed by atoms with E-state index in [1.54, 1.807) is 0 Å². The quantitative estimate of drug-likeness (QED) is 0.174. The van der Waals surface area contributed by atoms with Crippen LogP contribution < -0.4 is 5.46 Å². The van der Waals surface area contributed by atoms with Gasteiger partial charge in [-0.1, -0.05) is 109 Å². The molecule has 0 amide bonds. The van der Waals surface area contributed by atoms with E-state index in [9.17, 15) is 0 Å². The normalized spacial score (nSPS) is 19.7. The van der Waals surface area contributed by atoms with Crippen LogP contribution in [0.4, 0.5) is 0 Å². The van der Waals surface area contributed by atoms with Gasteiger partial charge in [0.25, 0.3) is 0 Å². The average molecular weight is 609 g/mol. The highest BCUT2D eigenvalue weighted by molar-refractivity contribution is 6.62. The fourth-order valence-corrected chi connectivity index (χ4v) is 8.45. The average Bonchev–Trinajstić information content (AvgIpc) is 3.64. The van der Waals surface area contributed by atoms with Crippen LogP contribution in [0.1, 0.15) is 49.9 Å². The molecule has 1 atom stereocenters. The minimum Gasteiger partial charge on any atom is -0.456 e. The van der Waals surface area contributed by atoms with E-state index < -0.39 is 23.7 Å². The molecule has 226 valence electrons. The van der Waals surface area contributed by atoms with Crippen LogP contribution in [0.25, 0.3) is 55.3 Å². The monoisotopic (exact) mass is 608 g/mol. The molecule has 1 saturated heterocycles. The molecule has 1 fully saturated rings. The first-order valence-corrected chi connectivity index (χ1v) is 16.5. The Morgan fingerprint density at radius 1 is 0.426 bits per heavy atom. The predicted octanol–water partition coefficient (Wildman–Crippen LogP) is 9.90. The third-order valence-corrected chi connectivity index (χ3v) is 11.4. The summed E-state index contributed by atoms with van der Waals surface area (Å²) in [6.07, 6.45) is 0. The van der Waals surface area contributed by atoms with Gasteiger partial charge in [0.05, 0.1) is 16.6 Å². The summed E-state index contributed by atoms with van der Waals surface area (Å²) in [5.74, 6) is 0. The number of fused-ring (bicyclic) bond motifs is 15. The highest BCUT2D eigenvalue weighted by Crippen LogP contribution is 2.62. The van der Waals surface area contributed by atoms with E-state index in [-0.39, 0.29) is 0 Å². The number of hydrogen-bond acceptors (Lipinski definition) is 3. The van der Waals surface area contributed by atoms with E-state index in [1.165, 1.54) is 55.6 Å². The van der Waals surface area contributed by atoms with Gasteiger partial charge in [0.15, 0.2) is 0 Å². The zero-order chi connectivity index (χ0) is 31.7. The lowest BCUT2D eigenvalue weighted by Gasteiger charge is -2.35. The number of benzene rings is 6. The van der Waals surface area contributed by atoms with Crippen molar-refractivity contribution in [3.63, 3.8) is 0 Å². The van der Waals surface area contributed by atoms with Crippen LogP contribution in [0.5, 0.6) is 0 Å². The molecule has 4 heteroatoms. The molecule has 0 bridgehead atoms. The summed E-state index contributed by atoms with van der Waals surface area (Å²) in [5.41, 5.74) is 13.8. The highest BCUT2D eigenvalue weighted by Gasteiger charge is 2.54. The van der Waals surface area contributed by atoms with Crippen LogP contribution in [-0.2, 0) is 14.7 Å². The summed E-state index contributed by atoms with van der Waals surface area (Å²) in [6.45, 7) is 8.48. The summed E-state index contributed by atoms with van der Waals surface area (Å²) >= 11 is 0. The standard InChI is InChI=1S/C43H33BO3/c1-41(2)42(3,4)47-44(46-41)26-21-22-31-28-14-6-5-13-27(28)29-15-7-10-18-35(29)43(37(31)23-26)36-19-11-8-16-30(36)33-25-40-34(24-38(33)43)32-17-9-12-20-39(32)45-40/h5-25H,1-4H3. The van der Waals surface area contributed by atoms with Gasteiger partial charge < -0.3 is 13.7 Å². The maximum Gasteiger partial charge on any atom is 0.494 e. The van der Waals surface area contributed by atoms with Crippen molar-refractivity contribution < 1.29 is 13.7 Å². The highest BCUT2D eigenvalue weighted by atomic mass is 16.7. The van der Waals surface area contributed by atoms with Gasteiger partial charge in [-0.15, -0.1) is 0 Å². The number of rotatable bonds is 1. The second kappa shape index (κ2) is 9.13. The zero-order valence-corrected chi connectivity index (χ0v) is 26.9. The van der Waals surface area contributed by atoms with Gasteiger partial charge in [0.1, 0.15) is 11.2 Å². The van der Waals surface area contributed by atoms with E-state index in [0.717, 1.165) is 27.4 Å². The van der Waals surface area contributed by atoms with Gasteiger partial charge >= 0.3 is 7.12 Å². The lowest BCUT2D eigenvalue weighted by atomic mass is 9.64. The van der Waals surface area contributed by atoms with Crippen LogP contribution >= 0.6 is 0 Å². The molecule has 3 aliphatic rings. The Labute approximate surface area is 274 Å². The van der Waals surface area contributed by atoms with Crippen LogP contribution in [0.3, 0.4) is 0 Å². The summed E-state index contributed by atoms with van der Waals surface area (Å²) in [5, 5.41) is 2.27. The van der Waals surface area contributed by atoms with Crippen molar-refractivity contribution in [1.29, 1.82) is 0 Å². The van der Waals surface area contributed by atoms with Crippen molar-refractivity contribution in [2.24, 2.45) is 0 Å². The molecular formula is C43H33BO3. The summed E-state index contributed by atoms with van der Waals surface area (Å²) in [4.78, 5) is 0. The Balaban J connectivity index is 1.38. The summed E-state index contributed by atoms with van der Waals surface area (Å²) in [6, 6.07) is 46.7. The largest absolute Gasteiger partial charge is 0.494 e. The van der Waals surface area contributed by atoms with Gasteiger partial charge in [-0.3, -0.25) is 0 Å². The second-order valence-corrected chi connectivity index (χ2v) is 14.3. The molecule has 2 aliphatic carbocycles. The van der Waals surface area contributed by atoms with Crippen molar-refractivity contribution in [3.8, 4) is 33.4 Å². The van der Waals surface area contributed by atoms with E-state index in [1.807, 2.05) is 6.07 Å². The van der Waals surface area contributed by atoms with Gasteiger partial charge in [-0.05, 0) is 107 Å². The first-order valence-electron chi connectivity index (χ1n) is 16.5. The van der Waals surface area contributed by atoms with E-state index in [0.29, 0.717) is 0 Å². The Morgan fingerprint density at radius 2 is 0.957 bits per heavy atom. The smallest absolute Gasteiger partial charge is 0.456 e. The lowest BCUT2D eigenvalue weighted by molar-refractivity contribution is 0.00578. The van der Waals surface area contributed by atoms with E-state index in [2.05, 4.69) is 149 Å². The minimum absolute atomic E-state index is 0.443. The summed E-state index contributed by atoms with van der Waals surface area (Å²) in [7, 11) is -0.479. The van der Waals surface area contributed by atoms with Crippen LogP contribution in [0.2, 0.25) is 0 Å². The molecule has 1 aromatic heterocycles. The third-order valence-electron chi connectivity index (χ3n) is 11.4. The molecule has 2 heterocycles. The van der Waals surface area contributed by atoms with E-state index >= 15 is 0 Å². The maximum absolute atomic E-state index is 6.66. The Morgan fingerprint density at radius 3 is 1.64 bits per heavy atom. The van der Waals surface area contributed by atoms with Crippen LogP contribution in [-0.4, -0.2) is 18.3 Å². The maximum atomic E-state index is 6.66. The van der Waals surface area contributed by atoms with Gasteiger partial charge in [-0.25, -0.2) is 0 Å².